The van der Waals surface area contributed by atoms with Crippen molar-refractivity contribution in [3.8, 4) is 0 Å². The molecule has 1 aliphatic rings. The maximum atomic E-state index is 11.6. The van der Waals surface area contributed by atoms with Crippen LogP contribution in [0.5, 0.6) is 0 Å². The van der Waals surface area contributed by atoms with Crippen molar-refractivity contribution >= 4 is 17.7 Å². The van der Waals surface area contributed by atoms with Gasteiger partial charge in [0.2, 0.25) is 0 Å². The summed E-state index contributed by atoms with van der Waals surface area (Å²) in [6, 6.07) is 8.49. The Kier molecular flexibility index (Phi) is 3.04. The quantitative estimate of drug-likeness (QED) is 0.565. The number of carbonyl (C=O) groups excluding carboxylic acids is 3. The van der Waals surface area contributed by atoms with Gasteiger partial charge in [-0.1, -0.05) is 30.3 Å². The predicted molar refractivity (Wildman–Crippen MR) is 58.4 cm³/mol. The molecule has 1 aromatic rings. The smallest absolute Gasteiger partial charge is 0.327 e. The molecule has 0 saturated carbocycles. The molecule has 1 fully saturated rings. The molecule has 1 aromatic carbocycles. The van der Waals surface area contributed by atoms with Crippen molar-refractivity contribution in [3.05, 3.63) is 35.9 Å². The monoisotopic (exact) mass is 233 g/mol. The third kappa shape index (κ3) is 2.60. The van der Waals surface area contributed by atoms with Crippen molar-refractivity contribution in [1.29, 1.82) is 0 Å². The lowest BCUT2D eigenvalue weighted by Crippen LogP contribution is -2.45. The van der Waals surface area contributed by atoms with Crippen molar-refractivity contribution in [2.24, 2.45) is 0 Å². The highest BCUT2D eigenvalue weighted by molar-refractivity contribution is 6.36. The van der Waals surface area contributed by atoms with Gasteiger partial charge in [-0.25, -0.2) is 0 Å². The summed E-state index contributed by atoms with van der Waals surface area (Å²) in [5.41, 5.74) is 5.09. The summed E-state index contributed by atoms with van der Waals surface area (Å²) in [5.74, 6) is -2.12. The largest absolute Gasteiger partial charge is 0.336 e. The summed E-state index contributed by atoms with van der Waals surface area (Å²) in [4.78, 5) is 33.8. The molecule has 88 valence electrons. The summed E-state index contributed by atoms with van der Waals surface area (Å²) in [5, 5.41) is 2.36. The molecule has 0 spiro atoms. The van der Waals surface area contributed by atoms with E-state index >= 15 is 0 Å². The van der Waals surface area contributed by atoms with Crippen LogP contribution in [0.3, 0.4) is 0 Å². The lowest BCUT2D eigenvalue weighted by molar-refractivity contribution is -0.139. The van der Waals surface area contributed by atoms with Crippen LogP contribution >= 0.6 is 0 Å². The Labute approximate surface area is 97.4 Å². The first-order chi connectivity index (χ1) is 8.16. The fourth-order valence-corrected chi connectivity index (χ4v) is 1.55. The summed E-state index contributed by atoms with van der Waals surface area (Å²) in [6.45, 7) is 0. The summed E-state index contributed by atoms with van der Waals surface area (Å²) in [6.07, 6.45) is 0.341. The van der Waals surface area contributed by atoms with Crippen LogP contribution in [0.4, 0.5) is 0 Å². The zero-order chi connectivity index (χ0) is 12.3. The Bertz CT molecular complexity index is 458. The van der Waals surface area contributed by atoms with Crippen molar-refractivity contribution in [3.63, 3.8) is 0 Å². The van der Waals surface area contributed by atoms with Crippen LogP contribution in [-0.2, 0) is 20.8 Å². The number of hydrogen-bond donors (Lipinski definition) is 3. The van der Waals surface area contributed by atoms with Crippen LogP contribution in [0.15, 0.2) is 30.3 Å². The van der Waals surface area contributed by atoms with Gasteiger partial charge in [-0.3, -0.25) is 25.2 Å². The van der Waals surface area contributed by atoms with E-state index < -0.39 is 23.8 Å². The first-order valence-electron chi connectivity index (χ1n) is 5.11. The Morgan fingerprint density at radius 1 is 0.941 bits per heavy atom. The van der Waals surface area contributed by atoms with Gasteiger partial charge in [-0.05, 0) is 5.56 Å². The second-order valence-corrected chi connectivity index (χ2v) is 3.66. The first-order valence-corrected chi connectivity index (χ1v) is 5.11. The van der Waals surface area contributed by atoms with E-state index in [-0.39, 0.29) is 0 Å². The van der Waals surface area contributed by atoms with Gasteiger partial charge in [0.1, 0.15) is 6.04 Å². The zero-order valence-corrected chi connectivity index (χ0v) is 8.90. The molecule has 1 aliphatic heterocycles. The minimum Gasteiger partial charge on any atom is -0.336 e. The second-order valence-electron chi connectivity index (χ2n) is 3.66. The van der Waals surface area contributed by atoms with Crippen LogP contribution in [0.1, 0.15) is 5.56 Å². The topological polar surface area (TPSA) is 87.3 Å². The summed E-state index contributed by atoms with van der Waals surface area (Å²) < 4.78 is 0. The van der Waals surface area contributed by atoms with Gasteiger partial charge in [0.25, 0.3) is 5.91 Å². The third-order valence-electron chi connectivity index (χ3n) is 2.41. The Hall–Kier alpha value is -2.37. The van der Waals surface area contributed by atoms with Gasteiger partial charge in [0.05, 0.1) is 0 Å². The van der Waals surface area contributed by atoms with Crippen molar-refractivity contribution in [1.82, 2.24) is 16.2 Å². The fraction of sp³-hybridized carbons (Fsp3) is 0.182. The molecule has 1 saturated heterocycles. The minimum atomic E-state index is -0.867. The predicted octanol–water partition coefficient (Wildman–Crippen LogP) is -1.13. The van der Waals surface area contributed by atoms with Gasteiger partial charge in [-0.2, -0.15) is 0 Å². The molecule has 1 heterocycles. The van der Waals surface area contributed by atoms with Gasteiger partial charge in [-0.15, -0.1) is 0 Å². The van der Waals surface area contributed by atoms with Crippen LogP contribution in [-0.4, -0.2) is 23.8 Å². The SMILES string of the molecule is O=C1NNC(=O)[C@H](Cc2ccccc2)NC1=O. The highest BCUT2D eigenvalue weighted by atomic mass is 16.2. The van der Waals surface area contributed by atoms with Gasteiger partial charge >= 0.3 is 11.8 Å². The molecule has 6 heteroatoms. The average Bonchev–Trinajstić information content (AvgIpc) is 2.45. The van der Waals surface area contributed by atoms with E-state index in [1.165, 1.54) is 0 Å². The molecule has 0 radical (unpaired) electrons. The number of hydrazine groups is 1. The van der Waals surface area contributed by atoms with Crippen LogP contribution in [0, 0.1) is 0 Å². The Balaban J connectivity index is 2.11. The molecule has 3 N–H and O–H groups in total. The van der Waals surface area contributed by atoms with Gasteiger partial charge in [0.15, 0.2) is 0 Å². The van der Waals surface area contributed by atoms with Crippen molar-refractivity contribution < 1.29 is 14.4 Å². The molecule has 1 atom stereocenters. The fourth-order valence-electron chi connectivity index (χ4n) is 1.55. The minimum absolute atomic E-state index is 0.341. The number of carbonyl (C=O) groups is 3. The molecule has 2 rings (SSSR count). The molecule has 0 bridgehead atoms. The van der Waals surface area contributed by atoms with Crippen molar-refractivity contribution in [2.45, 2.75) is 12.5 Å². The molecular weight excluding hydrogens is 222 g/mol. The maximum absolute atomic E-state index is 11.6. The van der Waals surface area contributed by atoms with E-state index in [2.05, 4.69) is 10.7 Å². The lowest BCUT2D eigenvalue weighted by Gasteiger charge is -2.13. The number of nitrogens with one attached hydrogen (secondary N) is 3. The molecule has 17 heavy (non-hydrogen) atoms. The maximum Gasteiger partial charge on any atom is 0.327 e. The van der Waals surface area contributed by atoms with E-state index in [0.717, 1.165) is 5.56 Å². The average molecular weight is 233 g/mol. The molecule has 0 aliphatic carbocycles. The number of hydrogen-bond acceptors (Lipinski definition) is 3. The van der Waals surface area contributed by atoms with E-state index in [1.54, 1.807) is 0 Å². The van der Waals surface area contributed by atoms with Gasteiger partial charge < -0.3 is 5.32 Å². The highest BCUT2D eigenvalue weighted by Gasteiger charge is 2.28. The van der Waals surface area contributed by atoms with E-state index in [4.69, 9.17) is 0 Å². The van der Waals surface area contributed by atoms with E-state index in [1.807, 2.05) is 35.8 Å². The van der Waals surface area contributed by atoms with Crippen LogP contribution < -0.4 is 16.2 Å². The molecule has 3 amide bonds. The van der Waals surface area contributed by atoms with Gasteiger partial charge in [0, 0.05) is 6.42 Å². The van der Waals surface area contributed by atoms with Crippen LogP contribution in [0.25, 0.3) is 0 Å². The summed E-state index contributed by atoms with van der Waals surface area (Å²) in [7, 11) is 0. The number of benzene rings is 1. The zero-order valence-electron chi connectivity index (χ0n) is 8.90. The number of amides is 3. The molecule has 0 unspecified atom stereocenters. The van der Waals surface area contributed by atoms with E-state index in [0.29, 0.717) is 6.42 Å². The Morgan fingerprint density at radius 2 is 1.65 bits per heavy atom. The third-order valence-corrected chi connectivity index (χ3v) is 2.41. The van der Waals surface area contributed by atoms with E-state index in [9.17, 15) is 14.4 Å². The lowest BCUT2D eigenvalue weighted by atomic mass is 10.1. The molecule has 6 nitrogen and oxygen atoms in total. The molecular formula is C11H11N3O3. The summed E-state index contributed by atoms with van der Waals surface area (Å²) >= 11 is 0. The Morgan fingerprint density at radius 3 is 2.35 bits per heavy atom. The normalized spacial score (nSPS) is 20.0. The van der Waals surface area contributed by atoms with Crippen LogP contribution in [0.2, 0.25) is 0 Å². The number of rotatable bonds is 2. The highest BCUT2D eigenvalue weighted by Crippen LogP contribution is 2.04. The first kappa shape index (κ1) is 11.1. The standard InChI is InChI=1S/C11H11N3O3/c15-9-8(6-7-4-2-1-3-5-7)12-10(16)11(17)14-13-9/h1-5,8H,6H2,(H,12,16)(H,13,15)(H,14,17)/t8-/m0/s1. The van der Waals surface area contributed by atoms with Crippen molar-refractivity contribution in [2.75, 3.05) is 0 Å². The molecule has 0 aromatic heterocycles. The second kappa shape index (κ2) is 4.65.